The molecule has 3 rings (SSSR count). The molecular formula is C14H15NO2. The number of anilines is 1. The summed E-state index contributed by atoms with van der Waals surface area (Å²) in [7, 11) is 0. The molecule has 3 nitrogen and oxygen atoms in total. The van der Waals surface area contributed by atoms with E-state index < -0.39 is 0 Å². The Balaban J connectivity index is 2.00. The summed E-state index contributed by atoms with van der Waals surface area (Å²) >= 11 is 0. The highest BCUT2D eigenvalue weighted by molar-refractivity contribution is 6.52. The highest BCUT2D eigenvalue weighted by Gasteiger charge is 2.38. The van der Waals surface area contributed by atoms with E-state index in [1.54, 1.807) is 4.90 Å². The maximum atomic E-state index is 11.9. The van der Waals surface area contributed by atoms with E-state index in [2.05, 4.69) is 0 Å². The summed E-state index contributed by atoms with van der Waals surface area (Å²) < 4.78 is 0. The first kappa shape index (κ1) is 10.5. The van der Waals surface area contributed by atoms with Gasteiger partial charge in [0.15, 0.2) is 0 Å². The normalized spacial score (nSPS) is 18.8. The molecule has 88 valence electrons. The summed E-state index contributed by atoms with van der Waals surface area (Å²) in [6.07, 6.45) is 3.25. The number of benzene rings is 1. The van der Waals surface area contributed by atoms with Gasteiger partial charge in [-0.05, 0) is 42.9 Å². The first-order valence-electron chi connectivity index (χ1n) is 6.20. The summed E-state index contributed by atoms with van der Waals surface area (Å²) in [5.74, 6) is -0.0837. The largest absolute Gasteiger partial charge is 0.304 e. The molecule has 17 heavy (non-hydrogen) atoms. The minimum Gasteiger partial charge on any atom is -0.304 e. The van der Waals surface area contributed by atoms with Crippen LogP contribution in [0.3, 0.4) is 0 Å². The number of rotatable bonds is 3. The van der Waals surface area contributed by atoms with Gasteiger partial charge in [-0.2, -0.15) is 0 Å². The number of fused-ring (bicyclic) bond motifs is 1. The molecule has 0 spiro atoms. The van der Waals surface area contributed by atoms with Crippen LogP contribution in [0.2, 0.25) is 0 Å². The maximum Gasteiger partial charge on any atom is 0.299 e. The molecule has 1 heterocycles. The topological polar surface area (TPSA) is 37.4 Å². The van der Waals surface area contributed by atoms with Gasteiger partial charge in [-0.3, -0.25) is 9.59 Å². The minimum atomic E-state index is -0.347. The number of hydrogen-bond acceptors (Lipinski definition) is 2. The van der Waals surface area contributed by atoms with Gasteiger partial charge in [0.05, 0.1) is 11.3 Å². The predicted molar refractivity (Wildman–Crippen MR) is 65.2 cm³/mol. The summed E-state index contributed by atoms with van der Waals surface area (Å²) in [4.78, 5) is 25.4. The lowest BCUT2D eigenvalue weighted by Crippen LogP contribution is -2.31. The Kier molecular flexibility index (Phi) is 2.28. The van der Waals surface area contributed by atoms with Gasteiger partial charge in [0.1, 0.15) is 0 Å². The molecule has 1 fully saturated rings. The highest BCUT2D eigenvalue weighted by atomic mass is 16.2. The molecule has 1 saturated carbocycles. The SMILES string of the molecule is CCc1ccc2c(c1)C(=O)C(=O)N2CC1CC1. The van der Waals surface area contributed by atoms with Crippen LogP contribution >= 0.6 is 0 Å². The Labute approximate surface area is 100 Å². The van der Waals surface area contributed by atoms with Crippen molar-refractivity contribution < 1.29 is 9.59 Å². The van der Waals surface area contributed by atoms with E-state index in [0.29, 0.717) is 18.0 Å². The van der Waals surface area contributed by atoms with Crippen LogP contribution in [0.1, 0.15) is 35.7 Å². The van der Waals surface area contributed by atoms with E-state index in [1.165, 1.54) is 12.8 Å². The van der Waals surface area contributed by atoms with Crippen molar-refractivity contribution in [3.05, 3.63) is 29.3 Å². The Morgan fingerprint density at radius 2 is 2.06 bits per heavy atom. The highest BCUT2D eigenvalue weighted by Crippen LogP contribution is 2.36. The van der Waals surface area contributed by atoms with Crippen molar-refractivity contribution in [3.8, 4) is 0 Å². The van der Waals surface area contributed by atoms with Gasteiger partial charge in [0, 0.05) is 6.54 Å². The zero-order valence-corrected chi connectivity index (χ0v) is 9.90. The Morgan fingerprint density at radius 1 is 1.29 bits per heavy atom. The van der Waals surface area contributed by atoms with Crippen LogP contribution < -0.4 is 4.90 Å². The van der Waals surface area contributed by atoms with Crippen molar-refractivity contribution in [2.24, 2.45) is 5.92 Å². The number of carbonyl (C=O) groups excluding carboxylic acids is 2. The summed E-state index contributed by atoms with van der Waals surface area (Å²) in [6.45, 7) is 2.76. The molecule has 0 aromatic heterocycles. The van der Waals surface area contributed by atoms with Crippen LogP contribution in [0.4, 0.5) is 5.69 Å². The lowest BCUT2D eigenvalue weighted by atomic mass is 10.1. The van der Waals surface area contributed by atoms with Crippen LogP contribution in [0.5, 0.6) is 0 Å². The Morgan fingerprint density at radius 3 is 2.71 bits per heavy atom. The second-order valence-corrected chi connectivity index (χ2v) is 4.89. The zero-order valence-electron chi connectivity index (χ0n) is 9.90. The Hall–Kier alpha value is -1.64. The van der Waals surface area contributed by atoms with Crippen molar-refractivity contribution in [2.75, 3.05) is 11.4 Å². The summed E-state index contributed by atoms with van der Waals surface area (Å²) in [5.41, 5.74) is 2.51. The van der Waals surface area contributed by atoms with Gasteiger partial charge in [-0.25, -0.2) is 0 Å². The number of Topliss-reactive ketones (excluding diaryl/α,β-unsaturated/α-hetero) is 1. The zero-order chi connectivity index (χ0) is 12.0. The standard InChI is InChI=1S/C14H15NO2/c1-2-9-5-6-12-11(7-9)13(16)14(17)15(12)8-10-3-4-10/h5-7,10H,2-4,8H2,1H3. The van der Waals surface area contributed by atoms with Crippen LogP contribution in [0.15, 0.2) is 18.2 Å². The van der Waals surface area contributed by atoms with Gasteiger partial charge in [-0.1, -0.05) is 13.0 Å². The number of amides is 1. The molecule has 0 saturated heterocycles. The quantitative estimate of drug-likeness (QED) is 0.745. The molecule has 1 aromatic rings. The molecule has 1 aliphatic heterocycles. The van der Waals surface area contributed by atoms with Gasteiger partial charge in [0.2, 0.25) is 0 Å². The van der Waals surface area contributed by atoms with Gasteiger partial charge in [-0.15, -0.1) is 0 Å². The smallest absolute Gasteiger partial charge is 0.299 e. The fourth-order valence-electron chi connectivity index (χ4n) is 2.31. The van der Waals surface area contributed by atoms with Crippen LogP contribution in [-0.4, -0.2) is 18.2 Å². The lowest BCUT2D eigenvalue weighted by Gasteiger charge is -2.15. The molecule has 1 amide bonds. The lowest BCUT2D eigenvalue weighted by molar-refractivity contribution is -0.114. The third-order valence-corrected chi connectivity index (χ3v) is 3.58. The minimum absolute atomic E-state index is 0.337. The Bertz CT molecular complexity index is 503. The fourth-order valence-corrected chi connectivity index (χ4v) is 2.31. The molecule has 1 aliphatic carbocycles. The van der Waals surface area contributed by atoms with E-state index in [-0.39, 0.29) is 11.7 Å². The first-order chi connectivity index (χ1) is 8.20. The van der Waals surface area contributed by atoms with Crippen LogP contribution in [0, 0.1) is 5.92 Å². The van der Waals surface area contributed by atoms with E-state index in [9.17, 15) is 9.59 Å². The van der Waals surface area contributed by atoms with E-state index in [0.717, 1.165) is 17.7 Å². The van der Waals surface area contributed by atoms with Crippen LogP contribution in [0.25, 0.3) is 0 Å². The fraction of sp³-hybridized carbons (Fsp3) is 0.429. The van der Waals surface area contributed by atoms with Crippen molar-refractivity contribution >= 4 is 17.4 Å². The van der Waals surface area contributed by atoms with Crippen molar-refractivity contribution in [1.29, 1.82) is 0 Å². The number of carbonyl (C=O) groups is 2. The molecule has 3 heteroatoms. The number of aryl methyl sites for hydroxylation is 1. The third-order valence-electron chi connectivity index (χ3n) is 3.58. The summed E-state index contributed by atoms with van der Waals surface area (Å²) in [5, 5.41) is 0. The third kappa shape index (κ3) is 1.66. The van der Waals surface area contributed by atoms with E-state index in [1.807, 2.05) is 25.1 Å². The van der Waals surface area contributed by atoms with Crippen molar-refractivity contribution in [1.82, 2.24) is 0 Å². The van der Waals surface area contributed by atoms with E-state index in [4.69, 9.17) is 0 Å². The molecule has 0 unspecified atom stereocenters. The predicted octanol–water partition coefficient (Wildman–Crippen LogP) is 2.19. The number of ketones is 1. The molecule has 2 aliphatic rings. The maximum absolute atomic E-state index is 11.9. The second-order valence-electron chi connectivity index (χ2n) is 4.89. The second kappa shape index (κ2) is 3.69. The molecule has 0 radical (unpaired) electrons. The molecular weight excluding hydrogens is 214 g/mol. The molecule has 0 N–H and O–H groups in total. The van der Waals surface area contributed by atoms with Gasteiger partial charge < -0.3 is 4.90 Å². The van der Waals surface area contributed by atoms with Gasteiger partial charge in [0.25, 0.3) is 11.7 Å². The monoisotopic (exact) mass is 229 g/mol. The van der Waals surface area contributed by atoms with Crippen molar-refractivity contribution in [3.63, 3.8) is 0 Å². The van der Waals surface area contributed by atoms with E-state index >= 15 is 0 Å². The van der Waals surface area contributed by atoms with Crippen molar-refractivity contribution in [2.45, 2.75) is 26.2 Å². The average molecular weight is 229 g/mol. The van der Waals surface area contributed by atoms with Crippen LogP contribution in [-0.2, 0) is 11.2 Å². The number of hydrogen-bond donors (Lipinski definition) is 0. The summed E-state index contributed by atoms with van der Waals surface area (Å²) in [6, 6.07) is 5.78. The molecule has 0 atom stereocenters. The first-order valence-corrected chi connectivity index (χ1v) is 6.20. The molecule has 0 bridgehead atoms. The van der Waals surface area contributed by atoms with Gasteiger partial charge >= 0.3 is 0 Å². The molecule has 1 aromatic carbocycles. The average Bonchev–Trinajstić information content (AvgIpc) is 3.14. The number of nitrogens with zero attached hydrogens (tertiary/aromatic N) is 1.